The molecule has 2 rings (SSSR count). The molecule has 0 amide bonds. The smallest absolute Gasteiger partial charge is 0.149 e. The Labute approximate surface area is 132 Å². The fraction of sp³-hybridized carbons (Fsp3) is 0.444. The van der Waals surface area contributed by atoms with Crippen molar-refractivity contribution in [3.63, 3.8) is 0 Å². The van der Waals surface area contributed by atoms with Gasteiger partial charge in [-0.3, -0.25) is 0 Å². The highest BCUT2D eigenvalue weighted by Gasteiger charge is 2.35. The highest BCUT2D eigenvalue weighted by molar-refractivity contribution is 7.18. The number of benzene rings is 1. The number of hydrogen-bond acceptors (Lipinski definition) is 0. The summed E-state index contributed by atoms with van der Waals surface area (Å²) in [6.45, 7) is 7.02. The summed E-state index contributed by atoms with van der Waals surface area (Å²) < 4.78 is 41.8. The molecule has 0 N–H and O–H groups in total. The standard InChI is InChI=1S/C18H22F3P/c1-4-6-12-9-14(13-7-5-8-15(20)10(13)2)16(18(12)22)17(21)11(3)19/h5,7-8,11-12,18H,2,4,6,9,22H2,1,3H3/b14-13-,17-16-. The Balaban J connectivity index is 2.75. The second kappa shape index (κ2) is 7.00. The van der Waals surface area contributed by atoms with Crippen LogP contribution in [0.2, 0.25) is 0 Å². The minimum Gasteiger partial charge on any atom is -0.240 e. The topological polar surface area (TPSA) is 0 Å². The van der Waals surface area contributed by atoms with Gasteiger partial charge in [-0.1, -0.05) is 32.1 Å². The third-order valence-electron chi connectivity index (χ3n) is 4.34. The quantitative estimate of drug-likeness (QED) is 0.736. The molecule has 0 saturated heterocycles. The maximum absolute atomic E-state index is 14.4. The van der Waals surface area contributed by atoms with Crippen molar-refractivity contribution >= 4 is 21.4 Å². The summed E-state index contributed by atoms with van der Waals surface area (Å²) in [6, 6.07) is 4.66. The van der Waals surface area contributed by atoms with Crippen LogP contribution in [0.4, 0.5) is 13.2 Å². The minimum atomic E-state index is -1.66. The molecule has 1 aromatic rings. The van der Waals surface area contributed by atoms with Crippen LogP contribution in [0.3, 0.4) is 0 Å². The van der Waals surface area contributed by atoms with Crippen LogP contribution in [-0.2, 0) is 0 Å². The molecular weight excluding hydrogens is 304 g/mol. The van der Waals surface area contributed by atoms with E-state index in [9.17, 15) is 13.2 Å². The zero-order chi connectivity index (χ0) is 16.4. The predicted molar refractivity (Wildman–Crippen MR) is 89.8 cm³/mol. The van der Waals surface area contributed by atoms with Crippen LogP contribution in [0.15, 0.2) is 29.6 Å². The average molecular weight is 326 g/mol. The van der Waals surface area contributed by atoms with Crippen LogP contribution < -0.4 is 10.4 Å². The largest absolute Gasteiger partial charge is 0.240 e. The van der Waals surface area contributed by atoms with Crippen molar-refractivity contribution in [2.75, 3.05) is 0 Å². The summed E-state index contributed by atoms with van der Waals surface area (Å²) in [7, 11) is 2.64. The van der Waals surface area contributed by atoms with E-state index in [-0.39, 0.29) is 16.8 Å². The maximum Gasteiger partial charge on any atom is 0.149 e. The molecule has 0 bridgehead atoms. The second-order valence-corrected chi connectivity index (χ2v) is 6.62. The molecule has 1 aliphatic carbocycles. The van der Waals surface area contributed by atoms with Gasteiger partial charge < -0.3 is 0 Å². The van der Waals surface area contributed by atoms with Gasteiger partial charge >= 0.3 is 0 Å². The molecule has 1 saturated carbocycles. The van der Waals surface area contributed by atoms with E-state index in [1.807, 2.05) is 0 Å². The first-order chi connectivity index (χ1) is 10.4. The van der Waals surface area contributed by atoms with Crippen LogP contribution in [0.5, 0.6) is 0 Å². The molecule has 4 heteroatoms. The molecule has 0 heterocycles. The lowest BCUT2D eigenvalue weighted by Gasteiger charge is -2.15. The van der Waals surface area contributed by atoms with Crippen LogP contribution in [0.25, 0.3) is 12.2 Å². The number of rotatable bonds is 3. The molecule has 22 heavy (non-hydrogen) atoms. The van der Waals surface area contributed by atoms with E-state index in [1.165, 1.54) is 13.0 Å². The monoisotopic (exact) mass is 326 g/mol. The molecule has 4 unspecified atom stereocenters. The molecule has 0 aromatic heterocycles. The average Bonchev–Trinajstić information content (AvgIpc) is 2.78. The second-order valence-electron chi connectivity index (χ2n) is 5.90. The third kappa shape index (κ3) is 3.15. The van der Waals surface area contributed by atoms with Crippen molar-refractivity contribution in [2.45, 2.75) is 44.9 Å². The lowest BCUT2D eigenvalue weighted by atomic mass is 10.0. The first kappa shape index (κ1) is 17.3. The fourth-order valence-corrected chi connectivity index (χ4v) is 3.89. The van der Waals surface area contributed by atoms with Crippen molar-refractivity contribution in [3.05, 3.63) is 45.9 Å². The first-order valence-electron chi connectivity index (χ1n) is 7.64. The summed E-state index contributed by atoms with van der Waals surface area (Å²) in [5, 5.41) is 0.848. The molecule has 4 atom stereocenters. The number of halogens is 3. The Morgan fingerprint density at radius 2 is 2.14 bits per heavy atom. The van der Waals surface area contributed by atoms with Gasteiger partial charge in [0.1, 0.15) is 17.8 Å². The van der Waals surface area contributed by atoms with Gasteiger partial charge in [0.2, 0.25) is 0 Å². The van der Waals surface area contributed by atoms with E-state index in [0.717, 1.165) is 12.8 Å². The Kier molecular flexibility index (Phi) is 5.50. The van der Waals surface area contributed by atoms with Gasteiger partial charge in [0, 0.05) is 10.9 Å². The van der Waals surface area contributed by atoms with Crippen molar-refractivity contribution in [1.82, 2.24) is 0 Å². The van der Waals surface area contributed by atoms with Gasteiger partial charge in [-0.05, 0) is 48.1 Å². The predicted octanol–water partition coefficient (Wildman–Crippen LogP) is 4.03. The summed E-state index contributed by atoms with van der Waals surface area (Å²) in [5.41, 5.74) is 0.940. The van der Waals surface area contributed by atoms with Crippen LogP contribution in [0, 0.1) is 11.7 Å². The van der Waals surface area contributed by atoms with Crippen molar-refractivity contribution in [3.8, 4) is 0 Å². The fourth-order valence-electron chi connectivity index (χ4n) is 3.20. The van der Waals surface area contributed by atoms with Crippen LogP contribution in [0.1, 0.15) is 33.1 Å². The van der Waals surface area contributed by atoms with Gasteiger partial charge in [-0.15, -0.1) is 9.24 Å². The normalized spacial score (nSPS) is 27.9. The molecule has 0 nitrogen and oxygen atoms in total. The molecule has 1 aromatic carbocycles. The number of alkyl halides is 1. The van der Waals surface area contributed by atoms with Gasteiger partial charge in [0.25, 0.3) is 0 Å². The zero-order valence-corrected chi connectivity index (χ0v) is 14.2. The van der Waals surface area contributed by atoms with Gasteiger partial charge in [0.15, 0.2) is 0 Å². The van der Waals surface area contributed by atoms with Crippen LogP contribution >= 0.6 is 9.24 Å². The molecule has 120 valence electrons. The van der Waals surface area contributed by atoms with E-state index in [2.05, 4.69) is 22.7 Å². The Hall–Kier alpha value is -1.08. The Bertz CT molecular complexity index is 691. The lowest BCUT2D eigenvalue weighted by molar-refractivity contribution is 0.345. The first-order valence-corrected chi connectivity index (χ1v) is 8.31. The number of hydrogen-bond donors (Lipinski definition) is 0. The SMILES string of the molecule is C=c1c(F)ccc/c1=C1\CC(CCC)C(P)\C1=C(/F)C(C)F. The van der Waals surface area contributed by atoms with Gasteiger partial charge in [0.05, 0.1) is 0 Å². The molecule has 1 fully saturated rings. The van der Waals surface area contributed by atoms with Gasteiger partial charge in [-0.2, -0.15) is 0 Å². The Morgan fingerprint density at radius 1 is 1.45 bits per heavy atom. The molecule has 0 aliphatic heterocycles. The van der Waals surface area contributed by atoms with E-state index in [0.29, 0.717) is 22.8 Å². The molecular formula is C18H22F3P. The highest BCUT2D eigenvalue weighted by atomic mass is 31.0. The van der Waals surface area contributed by atoms with Gasteiger partial charge in [-0.25, -0.2) is 13.2 Å². The van der Waals surface area contributed by atoms with E-state index in [4.69, 9.17) is 0 Å². The van der Waals surface area contributed by atoms with E-state index < -0.39 is 17.8 Å². The molecule has 1 aliphatic rings. The number of allylic oxidation sites excluding steroid dienone is 2. The molecule has 0 radical (unpaired) electrons. The highest BCUT2D eigenvalue weighted by Crippen LogP contribution is 2.45. The molecule has 0 spiro atoms. The van der Waals surface area contributed by atoms with Crippen molar-refractivity contribution in [2.24, 2.45) is 5.92 Å². The third-order valence-corrected chi connectivity index (χ3v) is 5.22. The van der Waals surface area contributed by atoms with E-state index in [1.54, 1.807) is 12.1 Å². The Morgan fingerprint density at radius 3 is 2.73 bits per heavy atom. The van der Waals surface area contributed by atoms with E-state index >= 15 is 0 Å². The summed E-state index contributed by atoms with van der Waals surface area (Å²) in [5.74, 6) is -0.929. The van der Waals surface area contributed by atoms with Crippen molar-refractivity contribution < 1.29 is 13.2 Å². The summed E-state index contributed by atoms with van der Waals surface area (Å²) in [4.78, 5) is 0. The summed E-state index contributed by atoms with van der Waals surface area (Å²) >= 11 is 0. The van der Waals surface area contributed by atoms with Crippen LogP contribution in [-0.4, -0.2) is 11.8 Å². The lowest BCUT2D eigenvalue weighted by Crippen LogP contribution is -2.29. The summed E-state index contributed by atoms with van der Waals surface area (Å²) in [6.07, 6.45) is 0.874. The van der Waals surface area contributed by atoms with Crippen molar-refractivity contribution in [1.29, 1.82) is 0 Å². The zero-order valence-electron chi connectivity index (χ0n) is 13.0. The maximum atomic E-state index is 14.4. The minimum absolute atomic E-state index is 0.143.